The van der Waals surface area contributed by atoms with Crippen molar-refractivity contribution in [1.29, 1.82) is 0 Å². The molecule has 1 aliphatic rings. The minimum absolute atomic E-state index is 0.0257. The molecule has 1 fully saturated rings. The molecule has 3 rings (SSSR count). The van der Waals surface area contributed by atoms with Crippen LogP contribution < -0.4 is 10.3 Å². The van der Waals surface area contributed by atoms with Gasteiger partial charge in [-0.2, -0.15) is 0 Å². The van der Waals surface area contributed by atoms with Crippen molar-refractivity contribution in [2.24, 2.45) is 0 Å². The van der Waals surface area contributed by atoms with E-state index < -0.39 is 0 Å². The Morgan fingerprint density at radius 2 is 2.36 bits per heavy atom. The lowest BCUT2D eigenvalue weighted by Gasteiger charge is -2.21. The van der Waals surface area contributed by atoms with E-state index in [1.54, 1.807) is 24.5 Å². The predicted molar refractivity (Wildman–Crippen MR) is 82.9 cm³/mol. The molecule has 1 saturated carbocycles. The number of nitrogens with zero attached hydrogens (tertiary/aromatic N) is 3. The van der Waals surface area contributed by atoms with Crippen molar-refractivity contribution >= 4 is 17.2 Å². The molecule has 116 valence electrons. The molecule has 0 unspecified atom stereocenters. The van der Waals surface area contributed by atoms with Gasteiger partial charge in [0.1, 0.15) is 11.6 Å². The van der Waals surface area contributed by atoms with E-state index in [2.05, 4.69) is 4.98 Å². The van der Waals surface area contributed by atoms with Gasteiger partial charge in [0.2, 0.25) is 5.91 Å². The number of hydrogen-bond donors (Lipinski definition) is 0. The van der Waals surface area contributed by atoms with E-state index in [1.165, 1.54) is 23.0 Å². The molecule has 1 amide bonds. The summed E-state index contributed by atoms with van der Waals surface area (Å²) < 4.78 is 6.39. The Labute approximate surface area is 132 Å². The van der Waals surface area contributed by atoms with Crippen molar-refractivity contribution in [1.82, 2.24) is 14.5 Å². The molecule has 0 bridgehead atoms. The maximum absolute atomic E-state index is 12.6. The Hall–Kier alpha value is -2.15. The molecule has 0 radical (unpaired) electrons. The van der Waals surface area contributed by atoms with Crippen LogP contribution >= 0.6 is 11.3 Å². The first-order valence-electron chi connectivity index (χ1n) is 7.10. The average Bonchev–Trinajstić information content (AvgIpc) is 3.23. The molecular formula is C15H17N3O3S. The van der Waals surface area contributed by atoms with Crippen LogP contribution in [0.4, 0.5) is 0 Å². The maximum Gasteiger partial charge on any atom is 0.293 e. The smallest absolute Gasteiger partial charge is 0.293 e. The van der Waals surface area contributed by atoms with Crippen LogP contribution in [0.2, 0.25) is 0 Å². The summed E-state index contributed by atoms with van der Waals surface area (Å²) in [4.78, 5) is 30.8. The van der Waals surface area contributed by atoms with Gasteiger partial charge in [-0.15, -0.1) is 11.3 Å². The highest BCUT2D eigenvalue weighted by Crippen LogP contribution is 2.29. The fourth-order valence-corrected chi connectivity index (χ4v) is 2.93. The third-order valence-electron chi connectivity index (χ3n) is 3.61. The van der Waals surface area contributed by atoms with E-state index in [4.69, 9.17) is 4.74 Å². The van der Waals surface area contributed by atoms with Gasteiger partial charge in [0.25, 0.3) is 5.56 Å². The zero-order chi connectivity index (χ0) is 15.5. The Balaban J connectivity index is 1.75. The zero-order valence-electron chi connectivity index (χ0n) is 12.3. The van der Waals surface area contributed by atoms with Gasteiger partial charge in [-0.3, -0.25) is 9.59 Å². The molecule has 2 aromatic rings. The first-order valence-corrected chi connectivity index (χ1v) is 7.98. The molecule has 2 heterocycles. The number of ether oxygens (including phenoxy) is 1. The normalized spacial score (nSPS) is 13.9. The van der Waals surface area contributed by atoms with Crippen LogP contribution in [0.3, 0.4) is 0 Å². The Morgan fingerprint density at radius 1 is 1.55 bits per heavy atom. The topological polar surface area (TPSA) is 64.4 Å². The number of hydrogen-bond acceptors (Lipinski definition) is 5. The number of aromatic nitrogens is 2. The molecule has 1 aliphatic carbocycles. The van der Waals surface area contributed by atoms with Crippen molar-refractivity contribution in [2.75, 3.05) is 7.11 Å². The molecule has 2 aromatic heterocycles. The number of thiazole rings is 1. The van der Waals surface area contributed by atoms with Crippen LogP contribution in [-0.4, -0.2) is 33.5 Å². The van der Waals surface area contributed by atoms with E-state index in [9.17, 15) is 9.59 Å². The van der Waals surface area contributed by atoms with Crippen molar-refractivity contribution in [3.8, 4) is 5.75 Å². The molecule has 0 atom stereocenters. The van der Waals surface area contributed by atoms with Gasteiger partial charge >= 0.3 is 0 Å². The van der Waals surface area contributed by atoms with E-state index in [-0.39, 0.29) is 29.8 Å². The summed E-state index contributed by atoms with van der Waals surface area (Å²) >= 11 is 1.54. The maximum atomic E-state index is 12.6. The minimum Gasteiger partial charge on any atom is -0.491 e. The van der Waals surface area contributed by atoms with Gasteiger partial charge in [0.05, 0.1) is 13.7 Å². The monoisotopic (exact) mass is 319 g/mol. The number of amides is 1. The number of carbonyl (C=O) groups excluding carboxylic acids is 1. The van der Waals surface area contributed by atoms with Crippen molar-refractivity contribution in [3.63, 3.8) is 0 Å². The average molecular weight is 319 g/mol. The highest BCUT2D eigenvalue weighted by Gasteiger charge is 2.33. The Kier molecular flexibility index (Phi) is 4.24. The van der Waals surface area contributed by atoms with Crippen LogP contribution in [0.25, 0.3) is 0 Å². The van der Waals surface area contributed by atoms with Crippen molar-refractivity contribution < 1.29 is 9.53 Å². The molecule has 0 aliphatic heterocycles. The highest BCUT2D eigenvalue weighted by atomic mass is 32.1. The quantitative estimate of drug-likeness (QED) is 0.809. The van der Waals surface area contributed by atoms with Gasteiger partial charge in [0.15, 0.2) is 5.75 Å². The number of carbonyl (C=O) groups is 1. The largest absolute Gasteiger partial charge is 0.491 e. The standard InChI is InChI=1S/C15H17N3O3S/c1-21-12-3-2-7-17(15(12)20)10-14(19)18(11-4-5-11)9-13-16-6-8-22-13/h2-3,6-8,11H,4-5,9-10H2,1H3. The summed E-state index contributed by atoms with van der Waals surface area (Å²) in [5, 5.41) is 2.82. The van der Waals surface area contributed by atoms with Gasteiger partial charge < -0.3 is 14.2 Å². The van der Waals surface area contributed by atoms with Gasteiger partial charge in [-0.25, -0.2) is 4.98 Å². The summed E-state index contributed by atoms with van der Waals surface area (Å²) in [5.41, 5.74) is -0.289. The lowest BCUT2D eigenvalue weighted by atomic mass is 10.4. The fraction of sp³-hybridized carbons (Fsp3) is 0.400. The number of rotatable bonds is 6. The molecule has 6 nitrogen and oxygen atoms in total. The van der Waals surface area contributed by atoms with Crippen LogP contribution in [-0.2, 0) is 17.9 Å². The van der Waals surface area contributed by atoms with E-state index in [0.29, 0.717) is 6.54 Å². The Bertz CT molecular complexity index is 707. The summed E-state index contributed by atoms with van der Waals surface area (Å²) in [6.45, 7) is 0.539. The second kappa shape index (κ2) is 6.31. The van der Waals surface area contributed by atoms with E-state index in [1.807, 2.05) is 10.3 Å². The van der Waals surface area contributed by atoms with E-state index >= 15 is 0 Å². The summed E-state index contributed by atoms with van der Waals surface area (Å²) in [6, 6.07) is 3.57. The first kappa shape index (κ1) is 14.8. The van der Waals surface area contributed by atoms with Crippen molar-refractivity contribution in [3.05, 3.63) is 45.3 Å². The summed E-state index contributed by atoms with van der Waals surface area (Å²) in [6.07, 6.45) is 5.38. The third kappa shape index (κ3) is 3.19. The van der Waals surface area contributed by atoms with Crippen LogP contribution in [0.1, 0.15) is 17.8 Å². The molecule has 7 heteroatoms. The van der Waals surface area contributed by atoms with Crippen LogP contribution in [0, 0.1) is 0 Å². The van der Waals surface area contributed by atoms with Crippen LogP contribution in [0.15, 0.2) is 34.7 Å². The first-order chi connectivity index (χ1) is 10.7. The zero-order valence-corrected chi connectivity index (χ0v) is 13.1. The molecule has 0 N–H and O–H groups in total. The SMILES string of the molecule is COc1cccn(CC(=O)N(Cc2nccs2)C2CC2)c1=O. The minimum atomic E-state index is -0.289. The molecule has 0 spiro atoms. The molecule has 0 saturated heterocycles. The lowest BCUT2D eigenvalue weighted by Crippen LogP contribution is -2.37. The van der Waals surface area contributed by atoms with Gasteiger partial charge in [-0.1, -0.05) is 0 Å². The second-order valence-electron chi connectivity index (χ2n) is 5.19. The van der Waals surface area contributed by atoms with E-state index in [0.717, 1.165) is 17.8 Å². The summed E-state index contributed by atoms with van der Waals surface area (Å²) in [5.74, 6) is 0.182. The van der Waals surface area contributed by atoms with Crippen molar-refractivity contribution in [2.45, 2.75) is 32.0 Å². The van der Waals surface area contributed by atoms with Gasteiger partial charge in [-0.05, 0) is 25.0 Å². The molecule has 22 heavy (non-hydrogen) atoms. The summed E-state index contributed by atoms with van der Waals surface area (Å²) in [7, 11) is 1.45. The van der Waals surface area contributed by atoms with Crippen LogP contribution in [0.5, 0.6) is 5.75 Å². The highest BCUT2D eigenvalue weighted by molar-refractivity contribution is 7.09. The molecule has 0 aromatic carbocycles. The number of methoxy groups -OCH3 is 1. The van der Waals surface area contributed by atoms with Gasteiger partial charge in [0, 0.05) is 23.8 Å². The third-order valence-corrected chi connectivity index (χ3v) is 4.37. The number of pyridine rings is 1. The fourth-order valence-electron chi connectivity index (χ4n) is 2.32. The lowest BCUT2D eigenvalue weighted by molar-refractivity contribution is -0.133. The second-order valence-corrected chi connectivity index (χ2v) is 6.17. The predicted octanol–water partition coefficient (Wildman–Crippen LogP) is 1.50. The molecular weight excluding hydrogens is 302 g/mol. The Morgan fingerprint density at radius 3 is 3.00 bits per heavy atom.